The Kier molecular flexibility index (Phi) is 3.11. The van der Waals surface area contributed by atoms with Crippen LogP contribution in [0.4, 0.5) is 0 Å². The van der Waals surface area contributed by atoms with Crippen LogP contribution in [0.1, 0.15) is 0 Å². The fourth-order valence-corrected chi connectivity index (χ4v) is 4.08. The molecule has 1 nitrogen and oxygen atoms in total. The molecule has 3 heteroatoms. The van der Waals surface area contributed by atoms with E-state index in [4.69, 9.17) is 0 Å². The van der Waals surface area contributed by atoms with E-state index < -0.39 is 10.8 Å². The molecule has 1 atom stereocenters. The second kappa shape index (κ2) is 4.63. The first-order valence-corrected chi connectivity index (χ1v) is 8.25. The van der Waals surface area contributed by atoms with Crippen molar-refractivity contribution in [2.45, 2.75) is 4.90 Å². The molecule has 0 amide bonds. The number of benzene rings is 3. The van der Waals surface area contributed by atoms with E-state index in [9.17, 15) is 4.21 Å². The van der Waals surface area contributed by atoms with Gasteiger partial charge in [0.2, 0.25) is 0 Å². The van der Waals surface area contributed by atoms with Gasteiger partial charge < -0.3 is 0 Å². The van der Waals surface area contributed by atoms with E-state index in [0.29, 0.717) is 0 Å². The van der Waals surface area contributed by atoms with Gasteiger partial charge in [0, 0.05) is 20.1 Å². The molecule has 0 saturated carbocycles. The van der Waals surface area contributed by atoms with Gasteiger partial charge in [-0.05, 0) is 50.9 Å². The summed E-state index contributed by atoms with van der Waals surface area (Å²) in [5.41, 5.74) is 0. The van der Waals surface area contributed by atoms with Crippen LogP contribution in [0.3, 0.4) is 0 Å². The normalized spacial score (nSPS) is 13.0. The fourth-order valence-electron chi connectivity index (χ4n) is 2.31. The van der Waals surface area contributed by atoms with Crippen molar-refractivity contribution in [2.75, 3.05) is 6.26 Å². The summed E-state index contributed by atoms with van der Waals surface area (Å²) >= 11 is 2.32. The minimum Gasteiger partial charge on any atom is -0.255 e. The number of halogens is 1. The van der Waals surface area contributed by atoms with Gasteiger partial charge in [0.05, 0.1) is 10.8 Å². The molecule has 3 aromatic rings. The van der Waals surface area contributed by atoms with Crippen LogP contribution >= 0.6 is 22.6 Å². The van der Waals surface area contributed by atoms with Crippen LogP contribution in [0, 0.1) is 3.57 Å². The molecule has 0 aliphatic rings. The fraction of sp³-hybridized carbons (Fsp3) is 0.0667. The Balaban J connectivity index is 2.63. The molecule has 0 aromatic heterocycles. The summed E-state index contributed by atoms with van der Waals surface area (Å²) in [6.07, 6.45) is 1.74. The van der Waals surface area contributed by atoms with Gasteiger partial charge in [-0.25, -0.2) is 0 Å². The van der Waals surface area contributed by atoms with Gasteiger partial charge in [-0.15, -0.1) is 0 Å². The van der Waals surface area contributed by atoms with Crippen LogP contribution in [0.15, 0.2) is 53.4 Å². The summed E-state index contributed by atoms with van der Waals surface area (Å²) in [5.74, 6) is 0. The lowest BCUT2D eigenvalue weighted by molar-refractivity contribution is 0.687. The summed E-state index contributed by atoms with van der Waals surface area (Å²) in [6, 6.07) is 16.5. The van der Waals surface area contributed by atoms with Gasteiger partial charge in [0.1, 0.15) is 0 Å². The zero-order valence-electron chi connectivity index (χ0n) is 9.81. The zero-order valence-corrected chi connectivity index (χ0v) is 12.8. The molecule has 3 rings (SSSR count). The van der Waals surface area contributed by atoms with Crippen LogP contribution < -0.4 is 0 Å². The lowest BCUT2D eigenvalue weighted by Crippen LogP contribution is -1.92. The largest absolute Gasteiger partial charge is 0.255 e. The Morgan fingerprint density at radius 1 is 1.00 bits per heavy atom. The van der Waals surface area contributed by atoms with Gasteiger partial charge in [0.25, 0.3) is 0 Å². The van der Waals surface area contributed by atoms with Crippen molar-refractivity contribution in [3.63, 3.8) is 0 Å². The molecule has 0 radical (unpaired) electrons. The standard InChI is InChI=1S/C15H11IOS/c1-18(17)14-9-10-5-2-3-6-11(10)12-7-4-8-13(16)15(12)14/h2-9H,1H3. The highest BCUT2D eigenvalue weighted by molar-refractivity contribution is 14.1. The van der Waals surface area contributed by atoms with Crippen molar-refractivity contribution in [2.24, 2.45) is 0 Å². The third kappa shape index (κ3) is 1.86. The van der Waals surface area contributed by atoms with Crippen LogP contribution in [0.5, 0.6) is 0 Å². The van der Waals surface area contributed by atoms with Gasteiger partial charge >= 0.3 is 0 Å². The maximum absolute atomic E-state index is 12.0. The lowest BCUT2D eigenvalue weighted by atomic mass is 10.0. The number of fused-ring (bicyclic) bond motifs is 3. The molecular weight excluding hydrogens is 355 g/mol. The van der Waals surface area contributed by atoms with Crippen molar-refractivity contribution >= 4 is 54.9 Å². The third-order valence-corrected chi connectivity index (χ3v) is 4.95. The van der Waals surface area contributed by atoms with E-state index in [1.165, 1.54) is 10.8 Å². The van der Waals surface area contributed by atoms with Crippen LogP contribution in [-0.2, 0) is 10.8 Å². The molecule has 0 aliphatic carbocycles. The average Bonchev–Trinajstić information content (AvgIpc) is 2.38. The SMILES string of the molecule is CS(=O)c1cc2ccccc2c2cccc(I)c12. The summed E-state index contributed by atoms with van der Waals surface area (Å²) in [7, 11) is -0.975. The maximum atomic E-state index is 12.0. The first-order chi connectivity index (χ1) is 8.68. The first kappa shape index (κ1) is 12.1. The van der Waals surface area contributed by atoms with E-state index in [1.54, 1.807) is 6.26 Å². The molecule has 0 N–H and O–H groups in total. The second-order valence-corrected chi connectivity index (χ2v) is 6.72. The number of rotatable bonds is 1. The van der Waals surface area contributed by atoms with Crippen molar-refractivity contribution in [1.29, 1.82) is 0 Å². The molecule has 0 fully saturated rings. The van der Waals surface area contributed by atoms with Gasteiger partial charge in [-0.2, -0.15) is 0 Å². The van der Waals surface area contributed by atoms with E-state index in [0.717, 1.165) is 19.2 Å². The number of hydrogen-bond donors (Lipinski definition) is 0. The van der Waals surface area contributed by atoms with Crippen molar-refractivity contribution in [1.82, 2.24) is 0 Å². The highest BCUT2D eigenvalue weighted by Gasteiger charge is 2.11. The average molecular weight is 366 g/mol. The quantitative estimate of drug-likeness (QED) is 0.463. The molecule has 90 valence electrons. The van der Waals surface area contributed by atoms with Crippen LogP contribution in [0.25, 0.3) is 21.5 Å². The monoisotopic (exact) mass is 366 g/mol. The predicted octanol–water partition coefficient (Wildman–Crippen LogP) is 4.34. The van der Waals surface area contributed by atoms with E-state index in [2.05, 4.69) is 59.0 Å². The highest BCUT2D eigenvalue weighted by Crippen LogP contribution is 2.33. The van der Waals surface area contributed by atoms with E-state index >= 15 is 0 Å². The Morgan fingerprint density at radius 3 is 2.50 bits per heavy atom. The molecule has 0 bridgehead atoms. The van der Waals surface area contributed by atoms with Crippen LogP contribution in [0.2, 0.25) is 0 Å². The first-order valence-electron chi connectivity index (χ1n) is 5.62. The molecule has 0 saturated heterocycles. The third-order valence-electron chi connectivity index (χ3n) is 3.11. The summed E-state index contributed by atoms with van der Waals surface area (Å²) in [6.45, 7) is 0. The van der Waals surface area contributed by atoms with Crippen molar-refractivity contribution in [3.8, 4) is 0 Å². The molecule has 3 aromatic carbocycles. The summed E-state index contributed by atoms with van der Waals surface area (Å²) in [5, 5.41) is 4.68. The Labute approximate surface area is 122 Å². The van der Waals surface area contributed by atoms with Crippen molar-refractivity contribution < 1.29 is 4.21 Å². The minimum absolute atomic E-state index is 0.925. The highest BCUT2D eigenvalue weighted by atomic mass is 127. The predicted molar refractivity (Wildman–Crippen MR) is 86.5 cm³/mol. The summed E-state index contributed by atoms with van der Waals surface area (Å²) < 4.78 is 13.1. The lowest BCUT2D eigenvalue weighted by Gasteiger charge is -2.10. The molecule has 18 heavy (non-hydrogen) atoms. The van der Waals surface area contributed by atoms with Gasteiger partial charge in [0.15, 0.2) is 0 Å². The Morgan fingerprint density at radius 2 is 1.72 bits per heavy atom. The second-order valence-electron chi connectivity index (χ2n) is 4.21. The van der Waals surface area contributed by atoms with Crippen molar-refractivity contribution in [3.05, 3.63) is 52.1 Å². The van der Waals surface area contributed by atoms with Gasteiger partial charge in [-0.3, -0.25) is 4.21 Å². The zero-order chi connectivity index (χ0) is 12.7. The molecule has 0 spiro atoms. The number of hydrogen-bond acceptors (Lipinski definition) is 1. The molecular formula is C15H11IOS. The van der Waals surface area contributed by atoms with E-state index in [-0.39, 0.29) is 0 Å². The molecule has 0 heterocycles. The smallest absolute Gasteiger partial charge is 0.0505 e. The summed E-state index contributed by atoms with van der Waals surface area (Å²) in [4.78, 5) is 0.925. The molecule has 1 unspecified atom stereocenters. The minimum atomic E-state index is -0.975. The topological polar surface area (TPSA) is 17.1 Å². The van der Waals surface area contributed by atoms with Gasteiger partial charge in [-0.1, -0.05) is 36.4 Å². The van der Waals surface area contributed by atoms with Crippen LogP contribution in [-0.4, -0.2) is 10.5 Å². The molecule has 0 aliphatic heterocycles. The Bertz CT molecular complexity index is 780. The Hall–Kier alpha value is -0.940. The maximum Gasteiger partial charge on any atom is 0.0505 e. The van der Waals surface area contributed by atoms with E-state index in [1.807, 2.05) is 12.1 Å².